The summed E-state index contributed by atoms with van der Waals surface area (Å²) in [7, 11) is 0. The van der Waals surface area contributed by atoms with Gasteiger partial charge < -0.3 is 0 Å². The van der Waals surface area contributed by atoms with Crippen molar-refractivity contribution in [2.75, 3.05) is 0 Å². The zero-order valence-corrected chi connectivity index (χ0v) is 9.17. The van der Waals surface area contributed by atoms with E-state index in [4.69, 9.17) is 6.42 Å². The predicted octanol–water partition coefficient (Wildman–Crippen LogP) is 3.08. The Kier molecular flexibility index (Phi) is 3.71. The fourth-order valence-electron chi connectivity index (χ4n) is 1.35. The van der Waals surface area contributed by atoms with Crippen LogP contribution in [0.25, 0.3) is 0 Å². The van der Waals surface area contributed by atoms with E-state index in [2.05, 4.69) is 43.8 Å². The molecule has 0 aliphatic rings. The van der Waals surface area contributed by atoms with E-state index in [1.807, 2.05) is 0 Å². The van der Waals surface area contributed by atoms with Crippen LogP contribution in [0.1, 0.15) is 43.1 Å². The van der Waals surface area contributed by atoms with Crippen molar-refractivity contribution in [1.82, 2.24) is 4.98 Å². The maximum Gasteiger partial charge on any atom is 0.0445 e. The number of hydrogen-bond donors (Lipinski definition) is 0. The first-order valence-corrected chi connectivity index (χ1v) is 5.05. The number of nitrogens with zero attached hydrogens (tertiary/aromatic N) is 1. The van der Waals surface area contributed by atoms with Gasteiger partial charge in [-0.3, -0.25) is 4.98 Å². The molecule has 1 aromatic heterocycles. The van der Waals surface area contributed by atoms with E-state index in [-0.39, 0.29) is 0 Å². The molecule has 1 rings (SSSR count). The highest BCUT2D eigenvalue weighted by Gasteiger charge is 2.04. The summed E-state index contributed by atoms with van der Waals surface area (Å²) in [6, 6.07) is 4.23. The average molecular weight is 187 g/mol. The molecule has 1 nitrogen and oxygen atoms in total. The molecule has 0 spiro atoms. The Bertz CT molecular complexity index is 345. The molecule has 1 aromatic rings. The van der Waals surface area contributed by atoms with Crippen LogP contribution in [-0.2, 0) is 6.42 Å². The summed E-state index contributed by atoms with van der Waals surface area (Å²) >= 11 is 0. The first kappa shape index (κ1) is 10.8. The van der Waals surface area contributed by atoms with Crippen molar-refractivity contribution >= 4 is 0 Å². The van der Waals surface area contributed by atoms with Crippen LogP contribution in [-0.4, -0.2) is 4.98 Å². The summed E-state index contributed by atoms with van der Waals surface area (Å²) < 4.78 is 0. The van der Waals surface area contributed by atoms with Gasteiger partial charge in [-0.1, -0.05) is 19.9 Å². The lowest BCUT2D eigenvalue weighted by atomic mass is 10.1. The van der Waals surface area contributed by atoms with E-state index in [1.165, 1.54) is 5.56 Å². The topological polar surface area (TPSA) is 12.9 Å². The first-order valence-electron chi connectivity index (χ1n) is 5.05. The van der Waals surface area contributed by atoms with Gasteiger partial charge in [-0.25, -0.2) is 0 Å². The molecule has 0 fully saturated rings. The van der Waals surface area contributed by atoms with Gasteiger partial charge in [-0.05, 0) is 24.5 Å². The van der Waals surface area contributed by atoms with Crippen molar-refractivity contribution in [3.8, 4) is 12.3 Å². The lowest BCUT2D eigenvalue weighted by molar-refractivity contribution is 0.797. The number of terminal acetylenes is 1. The Labute approximate surface area is 86.6 Å². The smallest absolute Gasteiger partial charge is 0.0445 e. The molecule has 0 amide bonds. The van der Waals surface area contributed by atoms with Gasteiger partial charge in [0, 0.05) is 24.2 Å². The van der Waals surface area contributed by atoms with E-state index >= 15 is 0 Å². The van der Waals surface area contributed by atoms with Crippen LogP contribution < -0.4 is 0 Å². The number of aromatic nitrogens is 1. The van der Waals surface area contributed by atoms with Crippen LogP contribution in [0.3, 0.4) is 0 Å². The van der Waals surface area contributed by atoms with Crippen molar-refractivity contribution in [2.24, 2.45) is 0 Å². The highest BCUT2D eigenvalue weighted by Crippen LogP contribution is 2.15. The van der Waals surface area contributed by atoms with Crippen molar-refractivity contribution < 1.29 is 0 Å². The third-order valence-electron chi connectivity index (χ3n) is 2.32. The van der Waals surface area contributed by atoms with Gasteiger partial charge in [0.1, 0.15) is 0 Å². The predicted molar refractivity (Wildman–Crippen MR) is 60.2 cm³/mol. The third kappa shape index (κ3) is 2.60. The third-order valence-corrected chi connectivity index (χ3v) is 2.32. The molecular weight excluding hydrogens is 170 g/mol. The molecule has 0 N–H and O–H groups in total. The van der Waals surface area contributed by atoms with Gasteiger partial charge in [0.25, 0.3) is 0 Å². The van der Waals surface area contributed by atoms with Gasteiger partial charge in [0.05, 0.1) is 0 Å². The van der Waals surface area contributed by atoms with E-state index in [0.717, 1.165) is 24.2 Å². The molecule has 0 aliphatic heterocycles. The lowest BCUT2D eigenvalue weighted by Gasteiger charge is -2.08. The van der Waals surface area contributed by atoms with Gasteiger partial charge in [-0.15, -0.1) is 12.3 Å². The highest BCUT2D eigenvalue weighted by atomic mass is 14.7. The fraction of sp³-hybridized carbons (Fsp3) is 0.462. The first-order chi connectivity index (χ1) is 6.65. The standard InChI is InChI=1S/C13H17N/c1-5-6-7-13-11(4)8-9-12(14-13)10(2)3/h1,8-10H,6-7H2,2-4H3. The van der Waals surface area contributed by atoms with E-state index in [0.29, 0.717) is 5.92 Å². The van der Waals surface area contributed by atoms with E-state index < -0.39 is 0 Å². The monoisotopic (exact) mass is 187 g/mol. The zero-order valence-electron chi connectivity index (χ0n) is 9.17. The molecule has 1 heterocycles. The summed E-state index contributed by atoms with van der Waals surface area (Å²) in [5.41, 5.74) is 3.54. The second kappa shape index (κ2) is 4.81. The van der Waals surface area contributed by atoms with E-state index in [9.17, 15) is 0 Å². The second-order valence-corrected chi connectivity index (χ2v) is 3.86. The Hall–Kier alpha value is -1.29. The SMILES string of the molecule is C#CCCc1nc(C(C)C)ccc1C. The van der Waals surface area contributed by atoms with Crippen LogP contribution >= 0.6 is 0 Å². The Balaban J connectivity index is 2.91. The van der Waals surface area contributed by atoms with Gasteiger partial charge in [-0.2, -0.15) is 0 Å². The quantitative estimate of drug-likeness (QED) is 0.663. The van der Waals surface area contributed by atoms with Gasteiger partial charge in [0.2, 0.25) is 0 Å². The number of rotatable bonds is 3. The maximum atomic E-state index is 5.25. The Morgan fingerprint density at radius 1 is 1.43 bits per heavy atom. The number of hydrogen-bond acceptors (Lipinski definition) is 1. The second-order valence-electron chi connectivity index (χ2n) is 3.86. The molecule has 1 heteroatoms. The molecule has 0 aliphatic carbocycles. The largest absolute Gasteiger partial charge is 0.257 e. The van der Waals surface area contributed by atoms with Crippen molar-refractivity contribution in [3.05, 3.63) is 29.1 Å². The molecule has 0 unspecified atom stereocenters. The normalized spacial score (nSPS) is 10.2. The van der Waals surface area contributed by atoms with Crippen molar-refractivity contribution in [1.29, 1.82) is 0 Å². The number of pyridine rings is 1. The van der Waals surface area contributed by atoms with Crippen molar-refractivity contribution in [2.45, 2.75) is 39.5 Å². The maximum absolute atomic E-state index is 5.25. The van der Waals surface area contributed by atoms with Crippen LogP contribution in [0.2, 0.25) is 0 Å². The molecule has 0 saturated carbocycles. The molecule has 14 heavy (non-hydrogen) atoms. The van der Waals surface area contributed by atoms with Gasteiger partial charge in [0.15, 0.2) is 0 Å². The summed E-state index contributed by atoms with van der Waals surface area (Å²) in [4.78, 5) is 4.61. The number of aryl methyl sites for hydroxylation is 2. The highest BCUT2D eigenvalue weighted by molar-refractivity contribution is 5.23. The van der Waals surface area contributed by atoms with Crippen LogP contribution in [0.5, 0.6) is 0 Å². The summed E-state index contributed by atoms with van der Waals surface area (Å²) in [5, 5.41) is 0. The summed E-state index contributed by atoms with van der Waals surface area (Å²) in [6.07, 6.45) is 6.91. The average Bonchev–Trinajstić information content (AvgIpc) is 2.16. The van der Waals surface area contributed by atoms with E-state index in [1.54, 1.807) is 0 Å². The minimum atomic E-state index is 0.486. The molecule has 0 atom stereocenters. The minimum absolute atomic E-state index is 0.486. The molecule has 0 bridgehead atoms. The van der Waals surface area contributed by atoms with Crippen LogP contribution in [0.4, 0.5) is 0 Å². The molecular formula is C13H17N. The molecule has 0 radical (unpaired) electrons. The Morgan fingerprint density at radius 2 is 2.14 bits per heavy atom. The summed E-state index contributed by atoms with van der Waals surface area (Å²) in [6.45, 7) is 6.40. The van der Waals surface area contributed by atoms with Crippen LogP contribution in [0.15, 0.2) is 12.1 Å². The zero-order chi connectivity index (χ0) is 10.6. The van der Waals surface area contributed by atoms with Gasteiger partial charge >= 0.3 is 0 Å². The summed E-state index contributed by atoms with van der Waals surface area (Å²) in [5.74, 6) is 3.14. The molecule has 0 aromatic carbocycles. The molecule has 74 valence electrons. The molecule has 0 saturated heterocycles. The lowest BCUT2D eigenvalue weighted by Crippen LogP contribution is -2.00. The van der Waals surface area contributed by atoms with Crippen molar-refractivity contribution in [3.63, 3.8) is 0 Å². The Morgan fingerprint density at radius 3 is 2.71 bits per heavy atom. The minimum Gasteiger partial charge on any atom is -0.257 e. The van der Waals surface area contributed by atoms with Crippen LogP contribution in [0, 0.1) is 19.3 Å². The fourth-order valence-corrected chi connectivity index (χ4v) is 1.35.